The number of imidazole rings is 1. The number of thioether (sulfide) groups is 2. The predicted molar refractivity (Wildman–Crippen MR) is 150 cm³/mol. The van der Waals surface area contributed by atoms with Crippen molar-refractivity contribution in [3.63, 3.8) is 0 Å². The Kier molecular flexibility index (Phi) is 7.32. The Morgan fingerprint density at radius 2 is 2.24 bits per heavy atom. The minimum atomic E-state index is -1.24. The number of carboxylic acids is 1. The number of carbonyl (C=O) groups is 3. The molecule has 4 aromatic rings. The third-order valence-electron chi connectivity index (χ3n) is 5.99. The van der Waals surface area contributed by atoms with E-state index < -0.39 is 29.2 Å². The van der Waals surface area contributed by atoms with Crippen LogP contribution in [0, 0.1) is 0 Å². The first-order valence-electron chi connectivity index (χ1n) is 11.7. The molecular weight excluding hydrogens is 613 g/mol. The SMILES string of the molecule is CO/N=C(\C(=O)N[C@@H]1C(=O)N2C(C(=O)O)=C(Sc3nc(C[n+]4ccn5ncccc54)cs3)CS[C@H]12)c1nsc(N)n1. The first kappa shape index (κ1) is 27.1. The lowest BCUT2D eigenvalue weighted by Crippen LogP contribution is -2.71. The lowest BCUT2D eigenvalue weighted by atomic mass is 10.0. The number of nitrogens with one attached hydrogen (secondary N) is 1. The van der Waals surface area contributed by atoms with Crippen LogP contribution in [0.25, 0.3) is 5.65 Å². The lowest BCUT2D eigenvalue weighted by Gasteiger charge is -2.49. The molecule has 0 aliphatic carbocycles. The molecule has 0 spiro atoms. The summed E-state index contributed by atoms with van der Waals surface area (Å²) in [5, 5.41) is 22.0. The number of carbonyl (C=O) groups excluding carboxylic acids is 2. The number of hydrogen-bond donors (Lipinski definition) is 3. The van der Waals surface area contributed by atoms with Crippen molar-refractivity contribution in [1.82, 2.24) is 34.2 Å². The van der Waals surface area contributed by atoms with Gasteiger partial charge in [0, 0.05) is 33.6 Å². The van der Waals surface area contributed by atoms with E-state index in [-0.39, 0.29) is 22.4 Å². The molecule has 0 unspecified atom stereocenters. The Hall–Kier alpha value is -4.07. The van der Waals surface area contributed by atoms with Gasteiger partial charge in [0.15, 0.2) is 15.7 Å². The first-order chi connectivity index (χ1) is 19.8. The molecule has 2 amide bonds. The Balaban J connectivity index is 1.17. The van der Waals surface area contributed by atoms with Crippen LogP contribution in [0.2, 0.25) is 0 Å². The number of anilines is 1. The van der Waals surface area contributed by atoms with E-state index in [9.17, 15) is 19.5 Å². The minimum Gasteiger partial charge on any atom is -0.477 e. The van der Waals surface area contributed by atoms with Crippen molar-refractivity contribution in [1.29, 1.82) is 0 Å². The summed E-state index contributed by atoms with van der Waals surface area (Å²) in [4.78, 5) is 53.3. The highest BCUT2D eigenvalue weighted by Crippen LogP contribution is 2.45. The van der Waals surface area contributed by atoms with Gasteiger partial charge in [-0.15, -0.1) is 27.6 Å². The van der Waals surface area contributed by atoms with E-state index in [0.29, 0.717) is 21.5 Å². The topological polar surface area (TPSA) is 194 Å². The second-order valence-electron chi connectivity index (χ2n) is 8.48. The molecule has 0 radical (unpaired) electrons. The Morgan fingerprint density at radius 1 is 1.39 bits per heavy atom. The maximum absolute atomic E-state index is 13.1. The number of hydrogen-bond acceptors (Lipinski definition) is 14. The van der Waals surface area contributed by atoms with Gasteiger partial charge in [-0.1, -0.05) is 22.0 Å². The van der Waals surface area contributed by atoms with E-state index in [4.69, 9.17) is 10.6 Å². The molecule has 19 heteroatoms. The second kappa shape index (κ2) is 11.1. The molecule has 4 N–H and O–H groups in total. The van der Waals surface area contributed by atoms with Gasteiger partial charge in [-0.2, -0.15) is 9.36 Å². The fourth-order valence-corrected chi connectivity index (χ4v) is 8.14. The van der Waals surface area contributed by atoms with Gasteiger partial charge in [-0.3, -0.25) is 14.5 Å². The van der Waals surface area contributed by atoms with Crippen LogP contribution in [-0.2, 0) is 25.8 Å². The number of aromatic nitrogens is 6. The monoisotopic (exact) mass is 631 g/mol. The molecule has 2 aliphatic rings. The van der Waals surface area contributed by atoms with Gasteiger partial charge in [0.1, 0.15) is 37.0 Å². The molecule has 4 aromatic heterocycles. The van der Waals surface area contributed by atoms with Crippen LogP contribution < -0.4 is 15.6 Å². The van der Waals surface area contributed by atoms with Crippen molar-refractivity contribution in [3.8, 4) is 0 Å². The number of amides is 2. The van der Waals surface area contributed by atoms with Crippen LogP contribution >= 0.6 is 46.4 Å². The van der Waals surface area contributed by atoms with E-state index in [1.54, 1.807) is 10.7 Å². The number of oxime groups is 1. The van der Waals surface area contributed by atoms with Crippen LogP contribution in [0.4, 0.5) is 5.13 Å². The predicted octanol–water partition coefficient (Wildman–Crippen LogP) is 0.399. The van der Waals surface area contributed by atoms with E-state index in [1.165, 1.54) is 46.9 Å². The zero-order chi connectivity index (χ0) is 28.7. The number of nitrogens with zero attached hydrogens (tertiary/aromatic N) is 8. The van der Waals surface area contributed by atoms with Crippen LogP contribution in [0.1, 0.15) is 11.5 Å². The van der Waals surface area contributed by atoms with Gasteiger partial charge in [0.2, 0.25) is 11.5 Å². The summed E-state index contributed by atoms with van der Waals surface area (Å²) in [6.45, 7) is 0.518. The van der Waals surface area contributed by atoms with E-state index >= 15 is 0 Å². The molecule has 2 atom stereocenters. The molecule has 1 saturated heterocycles. The average molecular weight is 632 g/mol. The summed E-state index contributed by atoms with van der Waals surface area (Å²) in [6, 6.07) is 2.84. The summed E-state index contributed by atoms with van der Waals surface area (Å²) in [7, 11) is 1.25. The molecular formula is C22H19N10O5S4+. The van der Waals surface area contributed by atoms with Gasteiger partial charge in [0.05, 0.1) is 11.9 Å². The van der Waals surface area contributed by atoms with Crippen LogP contribution in [0.15, 0.2) is 56.2 Å². The number of β-lactam (4-membered cyclic amide) rings is 1. The van der Waals surface area contributed by atoms with Gasteiger partial charge in [-0.25, -0.2) is 14.3 Å². The Bertz CT molecular complexity index is 1750. The van der Waals surface area contributed by atoms with E-state index in [1.807, 2.05) is 34.5 Å². The van der Waals surface area contributed by atoms with E-state index in [0.717, 1.165) is 22.9 Å². The number of carboxylic acid groups (broad SMARTS) is 1. The quantitative estimate of drug-likeness (QED) is 0.0998. The average Bonchev–Trinajstić information content (AvgIpc) is 3.70. The van der Waals surface area contributed by atoms with Crippen LogP contribution in [0.3, 0.4) is 0 Å². The fourth-order valence-electron chi connectivity index (χ4n) is 4.24. The molecule has 6 heterocycles. The normalized spacial score (nSPS) is 18.8. The van der Waals surface area contributed by atoms with Gasteiger partial charge >= 0.3 is 11.6 Å². The van der Waals surface area contributed by atoms with E-state index in [2.05, 4.69) is 29.9 Å². The summed E-state index contributed by atoms with van der Waals surface area (Å²) in [5.41, 5.74) is 6.96. The van der Waals surface area contributed by atoms with Crippen molar-refractivity contribution in [3.05, 3.63) is 58.2 Å². The summed E-state index contributed by atoms with van der Waals surface area (Å²) in [6.07, 6.45) is 5.47. The highest BCUT2D eigenvalue weighted by atomic mass is 32.2. The molecule has 210 valence electrons. The van der Waals surface area contributed by atoms with Crippen molar-refractivity contribution >= 4 is 80.7 Å². The highest BCUT2D eigenvalue weighted by molar-refractivity contribution is 8.07. The number of nitrogens with two attached hydrogens (primary N) is 1. The first-order valence-corrected chi connectivity index (χ1v) is 15.2. The maximum atomic E-state index is 13.1. The third-order valence-corrected chi connectivity index (χ3v) is 10.1. The number of thiazole rings is 1. The summed E-state index contributed by atoms with van der Waals surface area (Å²) < 4.78 is 8.39. The molecule has 2 aliphatic heterocycles. The molecule has 41 heavy (non-hydrogen) atoms. The highest BCUT2D eigenvalue weighted by Gasteiger charge is 2.54. The standard InChI is InChI=1S/C22H18N10O5S4/c1-37-28-13(16-27-21(23)41-29-16)17(33)26-14-18(34)32-15(20(35)36)11(9-38-19(14)32)40-22-25-10(8-39-22)7-30-5-6-31-12(30)3-2-4-24-31/h2-6,8,14,19H,7,9H2,1H3,(H3-,23,26,27,29,33,35,36)/p+1/b28-13-/t14-,19-/m1/s1. The molecule has 0 saturated carbocycles. The maximum Gasteiger partial charge on any atom is 0.353 e. The van der Waals surface area contributed by atoms with Crippen LogP contribution in [-0.4, -0.2) is 81.7 Å². The van der Waals surface area contributed by atoms with Crippen molar-refractivity contribution in [2.45, 2.75) is 22.3 Å². The second-order valence-corrected chi connectivity index (χ2v) is 12.6. The largest absolute Gasteiger partial charge is 0.477 e. The molecule has 15 nitrogen and oxygen atoms in total. The molecule has 1 fully saturated rings. The van der Waals surface area contributed by atoms with Gasteiger partial charge in [0.25, 0.3) is 11.8 Å². The Labute approximate surface area is 247 Å². The number of fused-ring (bicyclic) bond motifs is 2. The number of aliphatic carboxylic acids is 1. The third kappa shape index (κ3) is 5.11. The molecule has 0 bridgehead atoms. The minimum absolute atomic E-state index is 0.0419. The summed E-state index contributed by atoms with van der Waals surface area (Å²) >= 11 is 4.84. The van der Waals surface area contributed by atoms with Crippen molar-refractivity contribution in [2.24, 2.45) is 5.16 Å². The Morgan fingerprint density at radius 3 is 3.00 bits per heavy atom. The van der Waals surface area contributed by atoms with Gasteiger partial charge < -0.3 is 21.0 Å². The molecule has 6 rings (SSSR count). The van der Waals surface area contributed by atoms with Crippen molar-refractivity contribution < 1.29 is 28.9 Å². The van der Waals surface area contributed by atoms with Gasteiger partial charge in [-0.05, 0) is 6.07 Å². The summed E-state index contributed by atoms with van der Waals surface area (Å²) in [5.74, 6) is -2.27. The van der Waals surface area contributed by atoms with Crippen molar-refractivity contribution in [2.75, 3.05) is 18.6 Å². The smallest absolute Gasteiger partial charge is 0.353 e. The lowest BCUT2D eigenvalue weighted by molar-refractivity contribution is -0.662. The molecule has 0 aromatic carbocycles. The number of rotatable bonds is 9. The fraction of sp³-hybridized carbons (Fsp3) is 0.227. The number of nitrogen functional groups attached to an aromatic ring is 1. The zero-order valence-corrected chi connectivity index (χ0v) is 24.2. The zero-order valence-electron chi connectivity index (χ0n) is 20.9. The van der Waals surface area contributed by atoms with Crippen LogP contribution in [0.5, 0.6) is 0 Å².